The largest absolute Gasteiger partial charge is 0.444 e. The van der Waals surface area contributed by atoms with Crippen molar-refractivity contribution in [2.24, 2.45) is 0 Å². The van der Waals surface area contributed by atoms with E-state index in [0.29, 0.717) is 12.8 Å². The van der Waals surface area contributed by atoms with Crippen LogP contribution in [0.1, 0.15) is 52.0 Å². The van der Waals surface area contributed by atoms with Gasteiger partial charge in [0, 0.05) is 6.04 Å². The van der Waals surface area contributed by atoms with Gasteiger partial charge in [-0.15, -0.1) is 0 Å². The van der Waals surface area contributed by atoms with Gasteiger partial charge in [-0.05, 0) is 52.0 Å². The molecule has 0 aromatic heterocycles. The van der Waals surface area contributed by atoms with E-state index >= 15 is 0 Å². The van der Waals surface area contributed by atoms with E-state index < -0.39 is 58.4 Å². The third-order valence-electron chi connectivity index (χ3n) is 4.77. The second kappa shape index (κ2) is 6.80. The Hall–Kier alpha value is -2.12. The third kappa shape index (κ3) is 3.53. The lowest BCUT2D eigenvalue weighted by atomic mass is 9.82. The Bertz CT molecular complexity index is 786. The second-order valence-electron chi connectivity index (χ2n) is 7.88. The van der Waals surface area contributed by atoms with Crippen LogP contribution in [0.2, 0.25) is 0 Å². The van der Waals surface area contributed by atoms with E-state index in [-0.39, 0.29) is 12.0 Å². The van der Waals surface area contributed by atoms with Crippen LogP contribution in [-0.2, 0) is 4.74 Å². The van der Waals surface area contributed by atoms with Crippen LogP contribution < -0.4 is 0 Å². The highest BCUT2D eigenvalue weighted by Crippen LogP contribution is 2.40. The molecule has 1 aromatic rings. The monoisotopic (exact) mass is 389 g/mol. The summed E-state index contributed by atoms with van der Waals surface area (Å²) in [6.45, 7) is 5.17. The number of rotatable bonds is 1. The van der Waals surface area contributed by atoms with Crippen molar-refractivity contribution in [1.82, 2.24) is 4.90 Å². The van der Waals surface area contributed by atoms with Crippen molar-refractivity contribution in [3.8, 4) is 0 Å². The molecule has 2 heterocycles. The van der Waals surface area contributed by atoms with E-state index in [1.54, 1.807) is 20.8 Å². The molecule has 2 unspecified atom stereocenters. The Balaban J connectivity index is 2.01. The molecule has 8 heteroatoms. The molecule has 0 spiro atoms. The Morgan fingerprint density at radius 1 is 1.00 bits per heavy atom. The molecule has 3 nitrogen and oxygen atoms in total. The van der Waals surface area contributed by atoms with E-state index in [4.69, 9.17) is 4.74 Å². The van der Waals surface area contributed by atoms with E-state index in [1.165, 1.54) is 11.0 Å². The van der Waals surface area contributed by atoms with Crippen LogP contribution in [0.5, 0.6) is 0 Å². The Morgan fingerprint density at radius 3 is 2.07 bits per heavy atom. The van der Waals surface area contributed by atoms with Crippen LogP contribution in [0.25, 0.3) is 5.57 Å². The highest BCUT2D eigenvalue weighted by Gasteiger charge is 2.41. The predicted octanol–water partition coefficient (Wildman–Crippen LogP) is 5.33. The van der Waals surface area contributed by atoms with Crippen LogP contribution >= 0.6 is 0 Å². The highest BCUT2D eigenvalue weighted by atomic mass is 19.2. The van der Waals surface area contributed by atoms with E-state index in [2.05, 4.69) is 0 Å². The topological polar surface area (TPSA) is 29.5 Å². The van der Waals surface area contributed by atoms with Crippen molar-refractivity contribution < 1.29 is 31.5 Å². The number of hydrogen-bond acceptors (Lipinski definition) is 2. The molecule has 1 amide bonds. The lowest BCUT2D eigenvalue weighted by molar-refractivity contribution is 0.0000584. The number of carbonyl (C=O) groups is 1. The molecule has 3 rings (SSSR count). The number of hydrogen-bond donors (Lipinski definition) is 0. The van der Waals surface area contributed by atoms with Crippen LogP contribution in [0.4, 0.5) is 26.7 Å². The van der Waals surface area contributed by atoms with Crippen molar-refractivity contribution in [2.45, 2.75) is 64.1 Å². The summed E-state index contributed by atoms with van der Waals surface area (Å²) in [4.78, 5) is 14.0. The maximum atomic E-state index is 14.2. The molecular weight excluding hydrogens is 369 g/mol. The summed E-state index contributed by atoms with van der Waals surface area (Å²) in [5.41, 5.74) is -1.60. The van der Waals surface area contributed by atoms with Gasteiger partial charge in [0.25, 0.3) is 0 Å². The first-order valence-electron chi connectivity index (χ1n) is 8.75. The van der Waals surface area contributed by atoms with Gasteiger partial charge in [0.1, 0.15) is 5.60 Å². The van der Waals surface area contributed by atoms with E-state index in [0.717, 1.165) is 6.42 Å². The number of benzene rings is 1. The van der Waals surface area contributed by atoms with Gasteiger partial charge in [-0.2, -0.15) is 0 Å². The minimum atomic E-state index is -2.18. The molecule has 27 heavy (non-hydrogen) atoms. The predicted molar refractivity (Wildman–Crippen MR) is 88.3 cm³/mol. The second-order valence-corrected chi connectivity index (χ2v) is 7.88. The first kappa shape index (κ1) is 19.6. The number of nitrogens with zero attached hydrogens (tertiary/aromatic N) is 1. The first-order chi connectivity index (χ1) is 12.5. The number of fused-ring (bicyclic) bond motifs is 2. The third-order valence-corrected chi connectivity index (χ3v) is 4.77. The van der Waals surface area contributed by atoms with Crippen molar-refractivity contribution in [1.29, 1.82) is 0 Å². The molecule has 0 aliphatic carbocycles. The SMILES string of the molecule is CC(C)(C)OC(=O)N1C2C=C(c3c(F)c(F)c(F)c(F)c3F)CC1CCC2. The fraction of sp³-hybridized carbons (Fsp3) is 0.526. The van der Waals surface area contributed by atoms with Crippen molar-refractivity contribution in [3.05, 3.63) is 40.7 Å². The number of ether oxygens (including phenoxy) is 1. The van der Waals surface area contributed by atoms with Crippen molar-refractivity contribution in [3.63, 3.8) is 0 Å². The number of carbonyl (C=O) groups excluding carboxylic acids is 1. The maximum Gasteiger partial charge on any atom is 0.411 e. The summed E-state index contributed by atoms with van der Waals surface area (Å²) in [6.07, 6.45) is 2.73. The fourth-order valence-electron chi connectivity index (χ4n) is 3.70. The molecule has 148 valence electrons. The standard InChI is InChI=1S/C19H20F5NO2/c1-19(2,3)27-18(26)25-10-5-4-6-11(25)8-9(7-10)12-13(20)15(22)17(24)16(23)14(12)21/h7,10-11H,4-6,8H2,1-3H3. The van der Waals surface area contributed by atoms with Gasteiger partial charge in [0.15, 0.2) is 23.3 Å². The van der Waals surface area contributed by atoms with Crippen LogP contribution in [0.3, 0.4) is 0 Å². The van der Waals surface area contributed by atoms with Gasteiger partial charge in [0.2, 0.25) is 5.82 Å². The fourth-order valence-corrected chi connectivity index (χ4v) is 3.70. The highest BCUT2D eigenvalue weighted by molar-refractivity contribution is 5.75. The van der Waals surface area contributed by atoms with Gasteiger partial charge in [-0.1, -0.05) is 6.08 Å². The molecule has 0 saturated carbocycles. The average molecular weight is 389 g/mol. The van der Waals surface area contributed by atoms with E-state index in [9.17, 15) is 26.7 Å². The van der Waals surface area contributed by atoms with E-state index in [1.807, 2.05) is 0 Å². The smallest absolute Gasteiger partial charge is 0.411 e. The lowest BCUT2D eigenvalue weighted by Crippen LogP contribution is -2.53. The molecular formula is C19H20F5NO2. The van der Waals surface area contributed by atoms with Gasteiger partial charge < -0.3 is 4.74 Å². The number of halogens is 5. The minimum Gasteiger partial charge on any atom is -0.444 e. The molecule has 1 saturated heterocycles. The molecule has 0 N–H and O–H groups in total. The number of piperidine rings is 1. The Morgan fingerprint density at radius 2 is 1.56 bits per heavy atom. The molecule has 2 bridgehead atoms. The summed E-state index contributed by atoms with van der Waals surface area (Å²) in [5.74, 6) is -9.81. The molecule has 2 aliphatic rings. The summed E-state index contributed by atoms with van der Waals surface area (Å²) in [6, 6.07) is -0.939. The zero-order chi connectivity index (χ0) is 20.1. The van der Waals surface area contributed by atoms with Gasteiger partial charge in [0.05, 0.1) is 11.6 Å². The summed E-state index contributed by atoms with van der Waals surface area (Å²) < 4.78 is 74.2. The van der Waals surface area contributed by atoms with Gasteiger partial charge >= 0.3 is 6.09 Å². The zero-order valence-corrected chi connectivity index (χ0v) is 15.2. The van der Waals surface area contributed by atoms with Crippen LogP contribution in [0, 0.1) is 29.1 Å². The van der Waals surface area contributed by atoms with Gasteiger partial charge in [-0.25, -0.2) is 26.7 Å². The van der Waals surface area contributed by atoms with Crippen molar-refractivity contribution >= 4 is 11.7 Å². The number of amides is 1. The first-order valence-corrected chi connectivity index (χ1v) is 8.75. The van der Waals surface area contributed by atoms with Crippen LogP contribution in [-0.4, -0.2) is 28.7 Å². The molecule has 1 aromatic carbocycles. The molecule has 2 atom stereocenters. The van der Waals surface area contributed by atoms with Crippen molar-refractivity contribution in [2.75, 3.05) is 0 Å². The minimum absolute atomic E-state index is 0.00586. The molecule has 1 fully saturated rings. The summed E-state index contributed by atoms with van der Waals surface area (Å²) in [5, 5.41) is 0. The summed E-state index contributed by atoms with van der Waals surface area (Å²) in [7, 11) is 0. The Labute approximate surface area is 153 Å². The quantitative estimate of drug-likeness (QED) is 0.369. The zero-order valence-electron chi connectivity index (χ0n) is 15.2. The van der Waals surface area contributed by atoms with Gasteiger partial charge in [-0.3, -0.25) is 4.90 Å². The lowest BCUT2D eigenvalue weighted by Gasteiger charge is -2.45. The summed E-state index contributed by atoms with van der Waals surface area (Å²) >= 11 is 0. The average Bonchev–Trinajstić information content (AvgIpc) is 2.56. The molecule has 0 radical (unpaired) electrons. The maximum absolute atomic E-state index is 14.2. The molecule has 2 aliphatic heterocycles. The van der Waals surface area contributed by atoms with Crippen LogP contribution in [0.15, 0.2) is 6.08 Å². The Kier molecular flexibility index (Phi) is 4.94. The normalized spacial score (nSPS) is 22.5.